The first-order valence-corrected chi connectivity index (χ1v) is 10.2. The quantitative estimate of drug-likeness (QED) is 0.445. The number of pyridine rings is 1. The highest BCUT2D eigenvalue weighted by Gasteiger charge is 2.23. The third kappa shape index (κ3) is 4.16. The first-order valence-electron chi connectivity index (χ1n) is 10.2. The number of aryl methyl sites for hydroxylation is 2. The number of anilines is 1. The fourth-order valence-electron chi connectivity index (χ4n) is 3.73. The van der Waals surface area contributed by atoms with Gasteiger partial charge in [-0.05, 0) is 19.9 Å². The molecule has 0 saturated carbocycles. The summed E-state index contributed by atoms with van der Waals surface area (Å²) in [5.74, 6) is -1.27. The lowest BCUT2D eigenvalue weighted by Crippen LogP contribution is -2.23. The van der Waals surface area contributed by atoms with Gasteiger partial charge in [0.05, 0.1) is 28.7 Å². The number of carbonyl (C=O) groups is 2. The van der Waals surface area contributed by atoms with E-state index in [1.807, 2.05) is 6.07 Å². The van der Waals surface area contributed by atoms with Crippen LogP contribution < -0.4 is 11.1 Å². The number of nitrogens with two attached hydrogens (primary N) is 1. The van der Waals surface area contributed by atoms with E-state index in [1.54, 1.807) is 38.1 Å². The van der Waals surface area contributed by atoms with Crippen LogP contribution in [-0.4, -0.2) is 36.4 Å². The topological polar surface area (TPSA) is 121 Å². The predicted molar refractivity (Wildman–Crippen MR) is 118 cm³/mol. The van der Waals surface area contributed by atoms with Crippen LogP contribution in [0.5, 0.6) is 0 Å². The second-order valence-electron chi connectivity index (χ2n) is 7.34. The van der Waals surface area contributed by atoms with E-state index >= 15 is 0 Å². The van der Waals surface area contributed by atoms with Gasteiger partial charge in [-0.1, -0.05) is 30.3 Å². The lowest BCUT2D eigenvalue weighted by atomic mass is 10.1. The van der Waals surface area contributed by atoms with Gasteiger partial charge in [0, 0.05) is 17.7 Å². The van der Waals surface area contributed by atoms with E-state index < -0.39 is 18.2 Å². The molecule has 2 amide bonds. The lowest BCUT2D eigenvalue weighted by Gasteiger charge is -2.09. The van der Waals surface area contributed by atoms with Crippen LogP contribution in [0.4, 0.5) is 14.5 Å². The molecule has 0 spiro atoms. The Bertz CT molecular complexity index is 1350. The maximum absolute atomic E-state index is 13.9. The number of nitrogens with zero attached hydrogens (tertiary/aromatic N) is 5. The van der Waals surface area contributed by atoms with Crippen LogP contribution in [0.2, 0.25) is 0 Å². The molecule has 1 aromatic carbocycles. The SMILES string of the molecule is CCn1ncc(NC(=O)Cn2nc(C)c3c(C(F)F)cc(-c4ccccc4)nc32)c1C(N)=O. The van der Waals surface area contributed by atoms with E-state index in [4.69, 9.17) is 5.73 Å². The number of fused-ring (bicyclic) bond motifs is 1. The van der Waals surface area contributed by atoms with Crippen molar-refractivity contribution in [2.75, 3.05) is 5.32 Å². The average molecular weight is 453 g/mol. The Kier molecular flexibility index (Phi) is 5.86. The van der Waals surface area contributed by atoms with Crippen LogP contribution >= 0.6 is 0 Å². The summed E-state index contributed by atoms with van der Waals surface area (Å²) in [5, 5.41) is 11.1. The molecule has 33 heavy (non-hydrogen) atoms. The molecule has 0 aliphatic carbocycles. The number of nitrogens with one attached hydrogen (secondary N) is 1. The van der Waals surface area contributed by atoms with Crippen molar-refractivity contribution in [3.05, 3.63) is 59.5 Å². The lowest BCUT2D eigenvalue weighted by molar-refractivity contribution is -0.116. The molecule has 0 bridgehead atoms. The highest BCUT2D eigenvalue weighted by atomic mass is 19.3. The maximum atomic E-state index is 13.9. The van der Waals surface area contributed by atoms with Crippen molar-refractivity contribution in [2.24, 2.45) is 5.73 Å². The molecule has 3 aromatic heterocycles. The first-order chi connectivity index (χ1) is 15.8. The van der Waals surface area contributed by atoms with E-state index in [0.29, 0.717) is 23.5 Å². The minimum Gasteiger partial charge on any atom is -0.364 e. The summed E-state index contributed by atoms with van der Waals surface area (Å²) in [7, 11) is 0. The van der Waals surface area contributed by atoms with Gasteiger partial charge in [-0.2, -0.15) is 10.2 Å². The Morgan fingerprint density at radius 2 is 1.91 bits per heavy atom. The highest BCUT2D eigenvalue weighted by molar-refractivity contribution is 6.01. The molecule has 11 heteroatoms. The van der Waals surface area contributed by atoms with Crippen molar-refractivity contribution < 1.29 is 18.4 Å². The van der Waals surface area contributed by atoms with Gasteiger partial charge in [0.1, 0.15) is 12.2 Å². The Hall–Kier alpha value is -4.15. The maximum Gasteiger partial charge on any atom is 0.269 e. The summed E-state index contributed by atoms with van der Waals surface area (Å²) in [6.07, 6.45) is -1.42. The monoisotopic (exact) mass is 453 g/mol. The molecule has 9 nitrogen and oxygen atoms in total. The van der Waals surface area contributed by atoms with Gasteiger partial charge < -0.3 is 11.1 Å². The third-order valence-corrected chi connectivity index (χ3v) is 5.15. The second-order valence-corrected chi connectivity index (χ2v) is 7.34. The van der Waals surface area contributed by atoms with Crippen molar-refractivity contribution in [2.45, 2.75) is 33.4 Å². The number of aromatic nitrogens is 5. The van der Waals surface area contributed by atoms with Crippen LogP contribution in [-0.2, 0) is 17.9 Å². The molecule has 3 N–H and O–H groups in total. The fraction of sp³-hybridized carbons (Fsp3) is 0.227. The fourth-order valence-corrected chi connectivity index (χ4v) is 3.73. The van der Waals surface area contributed by atoms with Gasteiger partial charge in [-0.25, -0.2) is 18.4 Å². The molecule has 4 aromatic rings. The summed E-state index contributed by atoms with van der Waals surface area (Å²) in [6.45, 7) is 3.44. The van der Waals surface area contributed by atoms with Gasteiger partial charge in [0.15, 0.2) is 5.65 Å². The summed E-state index contributed by atoms with van der Waals surface area (Å²) in [5.41, 5.74) is 6.94. The van der Waals surface area contributed by atoms with E-state index in [9.17, 15) is 18.4 Å². The van der Waals surface area contributed by atoms with Gasteiger partial charge in [0.25, 0.3) is 12.3 Å². The highest BCUT2D eigenvalue weighted by Crippen LogP contribution is 2.33. The van der Waals surface area contributed by atoms with Crippen molar-refractivity contribution in [1.29, 1.82) is 0 Å². The van der Waals surface area contributed by atoms with Crippen LogP contribution in [0.3, 0.4) is 0 Å². The van der Waals surface area contributed by atoms with Crippen LogP contribution in [0.25, 0.3) is 22.3 Å². The van der Waals surface area contributed by atoms with Crippen molar-refractivity contribution >= 4 is 28.5 Å². The number of amides is 2. The Balaban J connectivity index is 1.73. The molecule has 0 fully saturated rings. The van der Waals surface area contributed by atoms with E-state index in [2.05, 4.69) is 20.5 Å². The Labute approximate surface area is 187 Å². The molecule has 170 valence electrons. The van der Waals surface area contributed by atoms with Gasteiger partial charge >= 0.3 is 0 Å². The van der Waals surface area contributed by atoms with Crippen LogP contribution in [0.1, 0.15) is 35.1 Å². The minimum atomic E-state index is -2.75. The first kappa shape index (κ1) is 22.1. The summed E-state index contributed by atoms with van der Waals surface area (Å²) < 4.78 is 30.4. The van der Waals surface area contributed by atoms with Crippen LogP contribution in [0, 0.1) is 6.92 Å². The molecule has 3 heterocycles. The summed E-state index contributed by atoms with van der Waals surface area (Å²) in [6, 6.07) is 10.3. The molecule has 0 aliphatic rings. The number of halogens is 2. The van der Waals surface area contributed by atoms with E-state index in [0.717, 1.165) is 0 Å². The molecule has 0 aliphatic heterocycles. The molecule has 0 atom stereocenters. The molecule has 0 unspecified atom stereocenters. The zero-order chi connectivity index (χ0) is 23.7. The predicted octanol–water partition coefficient (Wildman–Crippen LogP) is 3.30. The number of carbonyl (C=O) groups excluding carboxylic acids is 2. The molecular weight excluding hydrogens is 432 g/mol. The Morgan fingerprint density at radius 3 is 2.55 bits per heavy atom. The zero-order valence-electron chi connectivity index (χ0n) is 17.9. The number of hydrogen-bond acceptors (Lipinski definition) is 5. The Morgan fingerprint density at radius 1 is 1.18 bits per heavy atom. The molecule has 0 saturated heterocycles. The molecule has 4 rings (SSSR count). The number of benzene rings is 1. The van der Waals surface area contributed by atoms with Gasteiger partial charge in [-0.3, -0.25) is 14.3 Å². The van der Waals surface area contributed by atoms with Gasteiger partial charge in [-0.15, -0.1) is 0 Å². The number of hydrogen-bond donors (Lipinski definition) is 2. The number of alkyl halides is 2. The van der Waals surface area contributed by atoms with E-state index in [1.165, 1.54) is 21.6 Å². The summed E-state index contributed by atoms with van der Waals surface area (Å²) >= 11 is 0. The largest absolute Gasteiger partial charge is 0.364 e. The van der Waals surface area contributed by atoms with Crippen molar-refractivity contribution in [3.8, 4) is 11.3 Å². The third-order valence-electron chi connectivity index (χ3n) is 5.15. The minimum absolute atomic E-state index is 0.0665. The summed E-state index contributed by atoms with van der Waals surface area (Å²) in [4.78, 5) is 29.0. The van der Waals surface area contributed by atoms with Crippen molar-refractivity contribution in [1.82, 2.24) is 24.5 Å². The van der Waals surface area contributed by atoms with Crippen molar-refractivity contribution in [3.63, 3.8) is 0 Å². The number of primary amides is 1. The normalized spacial score (nSPS) is 11.3. The zero-order valence-corrected chi connectivity index (χ0v) is 17.9. The second kappa shape index (κ2) is 8.77. The standard InChI is InChI=1S/C22H21F2N7O2/c1-3-30-19(21(25)33)16(10-26-30)27-17(32)11-31-22-18(12(2)29-31)14(20(23)24)9-15(28-22)13-7-5-4-6-8-13/h4-10,20H,3,11H2,1-2H3,(H2,25,33)(H,27,32). The molecular formula is C22H21F2N7O2. The van der Waals surface area contributed by atoms with Crippen LogP contribution in [0.15, 0.2) is 42.6 Å². The smallest absolute Gasteiger partial charge is 0.269 e. The van der Waals surface area contributed by atoms with Gasteiger partial charge in [0.2, 0.25) is 5.91 Å². The number of rotatable bonds is 7. The molecule has 0 radical (unpaired) electrons. The average Bonchev–Trinajstić information content (AvgIpc) is 3.34. The van der Waals surface area contributed by atoms with E-state index in [-0.39, 0.29) is 34.5 Å².